The molecule has 1 saturated carbocycles. The Morgan fingerprint density at radius 3 is 2.72 bits per heavy atom. The third-order valence-corrected chi connectivity index (χ3v) is 3.78. The van der Waals surface area contributed by atoms with E-state index in [4.69, 9.17) is 0 Å². The molecule has 0 saturated heterocycles. The van der Waals surface area contributed by atoms with E-state index in [1.54, 1.807) is 25.2 Å². The average Bonchev–Trinajstić information content (AvgIpc) is 2.33. The molecule has 1 heterocycles. The van der Waals surface area contributed by atoms with Crippen molar-refractivity contribution in [2.75, 3.05) is 19.4 Å². The third-order valence-electron chi connectivity index (χ3n) is 3.78. The molecule has 1 aliphatic rings. The van der Waals surface area contributed by atoms with Gasteiger partial charge in [0.05, 0.1) is 0 Å². The summed E-state index contributed by atoms with van der Waals surface area (Å²) in [5.74, 6) is -0.0576. The SMILES string of the molecule is CCC1(Nc2ccnc(C(=O)N(C)C)c2)CCC1. The van der Waals surface area contributed by atoms with Gasteiger partial charge in [0.2, 0.25) is 0 Å². The number of carbonyl (C=O) groups excluding carboxylic acids is 1. The van der Waals surface area contributed by atoms with Crippen LogP contribution >= 0.6 is 0 Å². The van der Waals surface area contributed by atoms with Crippen LogP contribution in [0.2, 0.25) is 0 Å². The Bertz CT molecular complexity index is 433. The van der Waals surface area contributed by atoms with Gasteiger partial charge in [-0.15, -0.1) is 0 Å². The zero-order chi connectivity index (χ0) is 13.2. The van der Waals surface area contributed by atoms with Gasteiger partial charge in [-0.25, -0.2) is 0 Å². The van der Waals surface area contributed by atoms with E-state index in [-0.39, 0.29) is 11.4 Å². The van der Waals surface area contributed by atoms with Gasteiger partial charge in [0.15, 0.2) is 0 Å². The molecule has 2 rings (SSSR count). The van der Waals surface area contributed by atoms with Crippen LogP contribution in [0, 0.1) is 0 Å². The van der Waals surface area contributed by atoms with Crippen molar-refractivity contribution in [3.05, 3.63) is 24.0 Å². The van der Waals surface area contributed by atoms with Crippen LogP contribution in [-0.2, 0) is 0 Å². The van der Waals surface area contributed by atoms with Gasteiger partial charge in [-0.3, -0.25) is 9.78 Å². The minimum atomic E-state index is -0.0576. The van der Waals surface area contributed by atoms with E-state index in [0.29, 0.717) is 5.69 Å². The van der Waals surface area contributed by atoms with Gasteiger partial charge in [-0.2, -0.15) is 0 Å². The molecule has 0 spiro atoms. The van der Waals surface area contributed by atoms with Crippen molar-refractivity contribution in [2.24, 2.45) is 0 Å². The molecule has 18 heavy (non-hydrogen) atoms. The van der Waals surface area contributed by atoms with Crippen molar-refractivity contribution < 1.29 is 4.79 Å². The highest BCUT2D eigenvalue weighted by atomic mass is 16.2. The van der Waals surface area contributed by atoms with Crippen LogP contribution in [0.25, 0.3) is 0 Å². The smallest absolute Gasteiger partial charge is 0.272 e. The second-order valence-corrected chi connectivity index (χ2v) is 5.24. The predicted octanol–water partition coefficient (Wildman–Crippen LogP) is 2.53. The highest BCUT2D eigenvalue weighted by molar-refractivity contribution is 5.92. The minimum Gasteiger partial charge on any atom is -0.380 e. The van der Waals surface area contributed by atoms with Crippen LogP contribution in [0.4, 0.5) is 5.69 Å². The standard InChI is InChI=1S/C14H21N3O/c1-4-14(7-5-8-14)16-11-6-9-15-12(10-11)13(18)17(2)3/h6,9-10H,4-5,7-8H2,1-3H3,(H,15,16). The van der Waals surface area contributed by atoms with Crippen molar-refractivity contribution in [2.45, 2.75) is 38.1 Å². The monoisotopic (exact) mass is 247 g/mol. The number of pyridine rings is 1. The molecule has 1 fully saturated rings. The molecule has 0 radical (unpaired) electrons. The third kappa shape index (κ3) is 2.47. The van der Waals surface area contributed by atoms with E-state index < -0.39 is 0 Å². The largest absolute Gasteiger partial charge is 0.380 e. The Hall–Kier alpha value is -1.58. The van der Waals surface area contributed by atoms with Crippen molar-refractivity contribution >= 4 is 11.6 Å². The summed E-state index contributed by atoms with van der Waals surface area (Å²) in [5.41, 5.74) is 1.73. The molecule has 1 aliphatic carbocycles. The molecule has 1 aromatic rings. The van der Waals surface area contributed by atoms with Gasteiger partial charge in [0.25, 0.3) is 5.91 Å². The first kappa shape index (κ1) is 12.9. The van der Waals surface area contributed by atoms with Crippen LogP contribution in [0.15, 0.2) is 18.3 Å². The molecule has 0 atom stereocenters. The van der Waals surface area contributed by atoms with E-state index in [1.807, 2.05) is 12.1 Å². The normalized spacial score (nSPS) is 16.8. The number of nitrogens with zero attached hydrogens (tertiary/aromatic N) is 2. The lowest BCUT2D eigenvalue weighted by Crippen LogP contribution is -2.44. The van der Waals surface area contributed by atoms with E-state index in [9.17, 15) is 4.79 Å². The summed E-state index contributed by atoms with van der Waals surface area (Å²) < 4.78 is 0. The zero-order valence-corrected chi connectivity index (χ0v) is 11.4. The van der Waals surface area contributed by atoms with Gasteiger partial charge < -0.3 is 10.2 Å². The lowest BCUT2D eigenvalue weighted by molar-refractivity contribution is 0.0822. The Morgan fingerprint density at radius 1 is 1.50 bits per heavy atom. The van der Waals surface area contributed by atoms with Crippen molar-refractivity contribution in [1.29, 1.82) is 0 Å². The Balaban J connectivity index is 2.15. The first-order chi connectivity index (χ1) is 8.56. The van der Waals surface area contributed by atoms with Crippen molar-refractivity contribution in [1.82, 2.24) is 9.88 Å². The number of hydrogen-bond acceptors (Lipinski definition) is 3. The maximum absolute atomic E-state index is 11.9. The molecule has 4 nitrogen and oxygen atoms in total. The Labute approximate surface area is 108 Å². The quantitative estimate of drug-likeness (QED) is 0.889. The topological polar surface area (TPSA) is 45.2 Å². The van der Waals surface area contributed by atoms with Crippen LogP contribution in [-0.4, -0.2) is 35.4 Å². The van der Waals surface area contributed by atoms with Crippen molar-refractivity contribution in [3.63, 3.8) is 0 Å². The fourth-order valence-corrected chi connectivity index (χ4v) is 2.33. The van der Waals surface area contributed by atoms with E-state index >= 15 is 0 Å². The highest BCUT2D eigenvalue weighted by Crippen LogP contribution is 2.37. The minimum absolute atomic E-state index is 0.0576. The molecule has 1 amide bonds. The molecular weight excluding hydrogens is 226 g/mol. The van der Waals surface area contributed by atoms with E-state index in [1.165, 1.54) is 19.3 Å². The van der Waals surface area contributed by atoms with Crippen molar-refractivity contribution in [3.8, 4) is 0 Å². The molecule has 0 bridgehead atoms. The molecular formula is C14H21N3O. The number of rotatable bonds is 4. The highest BCUT2D eigenvalue weighted by Gasteiger charge is 2.34. The fraction of sp³-hybridized carbons (Fsp3) is 0.571. The lowest BCUT2D eigenvalue weighted by atomic mass is 9.74. The molecule has 1 aromatic heterocycles. The maximum Gasteiger partial charge on any atom is 0.272 e. The second kappa shape index (κ2) is 4.96. The molecule has 4 heteroatoms. The van der Waals surface area contributed by atoms with Gasteiger partial charge in [0, 0.05) is 31.5 Å². The number of anilines is 1. The summed E-state index contributed by atoms with van der Waals surface area (Å²) >= 11 is 0. The summed E-state index contributed by atoms with van der Waals surface area (Å²) in [6.07, 6.45) is 6.52. The molecule has 98 valence electrons. The molecule has 1 N–H and O–H groups in total. The van der Waals surface area contributed by atoms with Crippen LogP contribution < -0.4 is 5.32 Å². The zero-order valence-electron chi connectivity index (χ0n) is 11.4. The fourth-order valence-electron chi connectivity index (χ4n) is 2.33. The first-order valence-corrected chi connectivity index (χ1v) is 6.52. The summed E-state index contributed by atoms with van der Waals surface area (Å²) in [4.78, 5) is 17.5. The summed E-state index contributed by atoms with van der Waals surface area (Å²) in [6, 6.07) is 3.78. The molecule has 0 aromatic carbocycles. The van der Waals surface area contributed by atoms with E-state index in [0.717, 1.165) is 12.1 Å². The Morgan fingerprint density at radius 2 is 2.22 bits per heavy atom. The van der Waals surface area contributed by atoms with Crippen LogP contribution in [0.1, 0.15) is 43.1 Å². The number of carbonyl (C=O) groups is 1. The summed E-state index contributed by atoms with van der Waals surface area (Å²) in [6.45, 7) is 2.21. The molecule has 0 aliphatic heterocycles. The predicted molar refractivity (Wildman–Crippen MR) is 72.8 cm³/mol. The van der Waals surface area contributed by atoms with Crippen LogP contribution in [0.5, 0.6) is 0 Å². The number of aromatic nitrogens is 1. The van der Waals surface area contributed by atoms with Crippen LogP contribution in [0.3, 0.4) is 0 Å². The number of nitrogens with one attached hydrogen (secondary N) is 1. The number of amides is 1. The first-order valence-electron chi connectivity index (χ1n) is 6.52. The Kier molecular flexibility index (Phi) is 3.55. The molecule has 0 unspecified atom stereocenters. The lowest BCUT2D eigenvalue weighted by Gasteiger charge is -2.43. The van der Waals surface area contributed by atoms with E-state index in [2.05, 4.69) is 17.2 Å². The maximum atomic E-state index is 11.9. The summed E-state index contributed by atoms with van der Waals surface area (Å²) in [7, 11) is 3.48. The second-order valence-electron chi connectivity index (χ2n) is 5.24. The van der Waals surface area contributed by atoms with Gasteiger partial charge in [-0.05, 0) is 37.8 Å². The van der Waals surface area contributed by atoms with Gasteiger partial charge in [-0.1, -0.05) is 6.92 Å². The summed E-state index contributed by atoms with van der Waals surface area (Å²) in [5, 5.41) is 3.56. The average molecular weight is 247 g/mol. The van der Waals surface area contributed by atoms with Gasteiger partial charge >= 0.3 is 0 Å². The van der Waals surface area contributed by atoms with Gasteiger partial charge in [0.1, 0.15) is 5.69 Å². The number of hydrogen-bond donors (Lipinski definition) is 1.